The summed E-state index contributed by atoms with van der Waals surface area (Å²) in [7, 11) is -0.189. The molecule has 1 aromatic rings. The third-order valence-electron chi connectivity index (χ3n) is 3.30. The van der Waals surface area contributed by atoms with Crippen molar-refractivity contribution in [1.82, 2.24) is 0 Å². The van der Waals surface area contributed by atoms with Crippen LogP contribution in [0.3, 0.4) is 0 Å². The first-order valence-electron chi connectivity index (χ1n) is 5.70. The van der Waals surface area contributed by atoms with Gasteiger partial charge >= 0.3 is 0 Å². The van der Waals surface area contributed by atoms with Gasteiger partial charge in [0.1, 0.15) is 11.5 Å². The fourth-order valence-electron chi connectivity index (χ4n) is 1.15. The average molecular weight is 273 g/mol. The van der Waals surface area contributed by atoms with Crippen LogP contribution >= 0.6 is 11.6 Å². The summed E-state index contributed by atoms with van der Waals surface area (Å²) in [6, 6.07) is 5.55. The van der Waals surface area contributed by atoms with Gasteiger partial charge in [-0.05, 0) is 30.3 Å². The van der Waals surface area contributed by atoms with E-state index in [1.165, 1.54) is 0 Å². The van der Waals surface area contributed by atoms with Crippen LogP contribution < -0.4 is 9.16 Å². The van der Waals surface area contributed by atoms with E-state index < -0.39 is 8.32 Å². The smallest absolute Gasteiger partial charge is 0.250 e. The molecular formula is C13H21ClO2Si. The maximum absolute atomic E-state index is 6.16. The Kier molecular flexibility index (Phi) is 4.15. The molecule has 0 heterocycles. The Hall–Kier alpha value is -0.673. The van der Waals surface area contributed by atoms with Crippen molar-refractivity contribution in [2.75, 3.05) is 7.11 Å². The molecule has 0 fully saturated rings. The molecule has 0 aromatic heterocycles. The first-order chi connectivity index (χ1) is 7.67. The summed E-state index contributed by atoms with van der Waals surface area (Å²) < 4.78 is 11.4. The summed E-state index contributed by atoms with van der Waals surface area (Å²) in [6.07, 6.45) is 0. The van der Waals surface area contributed by atoms with Crippen LogP contribution in [0.4, 0.5) is 0 Å². The van der Waals surface area contributed by atoms with Crippen LogP contribution in [0, 0.1) is 0 Å². The van der Waals surface area contributed by atoms with Crippen molar-refractivity contribution in [3.63, 3.8) is 0 Å². The summed E-state index contributed by atoms with van der Waals surface area (Å²) in [5, 5.41) is 0.787. The minimum absolute atomic E-state index is 0.180. The number of ether oxygens (including phenoxy) is 1. The Morgan fingerprint density at radius 2 is 1.76 bits per heavy atom. The van der Waals surface area contributed by atoms with Gasteiger partial charge in [0.05, 0.1) is 12.1 Å². The lowest BCUT2D eigenvalue weighted by Gasteiger charge is -2.36. The number of halogens is 1. The molecule has 0 N–H and O–H groups in total. The van der Waals surface area contributed by atoms with Gasteiger partial charge in [-0.2, -0.15) is 0 Å². The molecule has 0 atom stereocenters. The second kappa shape index (κ2) is 4.90. The summed E-state index contributed by atoms with van der Waals surface area (Å²) in [4.78, 5) is 0. The molecular weight excluding hydrogens is 252 g/mol. The Morgan fingerprint density at radius 3 is 2.24 bits per heavy atom. The van der Waals surface area contributed by atoms with E-state index in [-0.39, 0.29) is 5.04 Å². The second-order valence-electron chi connectivity index (χ2n) is 5.66. The summed E-state index contributed by atoms with van der Waals surface area (Å²) in [5.74, 6) is 1.49. The van der Waals surface area contributed by atoms with Gasteiger partial charge in [0.15, 0.2) is 0 Å². The van der Waals surface area contributed by atoms with Gasteiger partial charge in [-0.25, -0.2) is 0 Å². The minimum Gasteiger partial charge on any atom is -0.543 e. The van der Waals surface area contributed by atoms with Crippen molar-refractivity contribution >= 4 is 19.9 Å². The van der Waals surface area contributed by atoms with Gasteiger partial charge in [-0.3, -0.25) is 0 Å². The van der Waals surface area contributed by atoms with Crippen molar-refractivity contribution < 1.29 is 9.16 Å². The maximum Gasteiger partial charge on any atom is 0.250 e. The topological polar surface area (TPSA) is 18.5 Å². The van der Waals surface area contributed by atoms with Gasteiger partial charge < -0.3 is 9.16 Å². The summed E-state index contributed by atoms with van der Waals surface area (Å²) in [6.45, 7) is 11.1. The minimum atomic E-state index is -1.80. The van der Waals surface area contributed by atoms with Crippen molar-refractivity contribution in [3.8, 4) is 11.5 Å². The van der Waals surface area contributed by atoms with E-state index in [0.29, 0.717) is 10.8 Å². The van der Waals surface area contributed by atoms with Crippen molar-refractivity contribution in [2.24, 2.45) is 0 Å². The van der Waals surface area contributed by atoms with Gasteiger partial charge in [0.25, 0.3) is 0 Å². The monoisotopic (exact) mass is 272 g/mol. The molecule has 0 aliphatic rings. The van der Waals surface area contributed by atoms with Crippen LogP contribution in [0.25, 0.3) is 0 Å². The Balaban J connectivity index is 2.96. The highest BCUT2D eigenvalue weighted by molar-refractivity contribution is 6.74. The number of benzene rings is 1. The quantitative estimate of drug-likeness (QED) is 0.741. The van der Waals surface area contributed by atoms with Gasteiger partial charge in [-0.15, -0.1) is 0 Å². The highest BCUT2D eigenvalue weighted by Crippen LogP contribution is 2.38. The SMILES string of the molecule is COc1cc(O[Si](C)(C)C(C)(C)C)ccc1Cl. The fraction of sp³-hybridized carbons (Fsp3) is 0.538. The van der Waals surface area contributed by atoms with Crippen LogP contribution in [0.1, 0.15) is 20.8 Å². The van der Waals surface area contributed by atoms with E-state index >= 15 is 0 Å². The lowest BCUT2D eigenvalue weighted by molar-refractivity contribution is 0.411. The van der Waals surface area contributed by atoms with E-state index in [1.807, 2.05) is 18.2 Å². The molecule has 1 aromatic carbocycles. The third kappa shape index (κ3) is 3.39. The predicted molar refractivity (Wildman–Crippen MR) is 75.8 cm³/mol. The maximum atomic E-state index is 6.16. The van der Waals surface area contributed by atoms with E-state index in [0.717, 1.165) is 5.75 Å². The van der Waals surface area contributed by atoms with Gasteiger partial charge in [0, 0.05) is 6.07 Å². The van der Waals surface area contributed by atoms with Crippen LogP contribution in [0.15, 0.2) is 18.2 Å². The van der Waals surface area contributed by atoms with Crippen molar-refractivity contribution in [1.29, 1.82) is 0 Å². The first kappa shape index (κ1) is 14.4. The fourth-order valence-corrected chi connectivity index (χ4v) is 2.37. The summed E-state index contributed by atoms with van der Waals surface area (Å²) >= 11 is 5.99. The zero-order valence-electron chi connectivity index (χ0n) is 11.4. The Morgan fingerprint density at radius 1 is 1.18 bits per heavy atom. The van der Waals surface area contributed by atoms with E-state index in [4.69, 9.17) is 20.8 Å². The average Bonchev–Trinajstić information content (AvgIpc) is 2.19. The number of rotatable bonds is 3. The van der Waals surface area contributed by atoms with Crippen LogP contribution in [0.2, 0.25) is 23.2 Å². The van der Waals surface area contributed by atoms with E-state index in [2.05, 4.69) is 33.9 Å². The normalized spacial score (nSPS) is 12.4. The molecule has 0 unspecified atom stereocenters. The molecule has 2 nitrogen and oxygen atoms in total. The first-order valence-corrected chi connectivity index (χ1v) is 8.98. The Labute approximate surface area is 110 Å². The standard InChI is InChI=1S/C13H21ClO2Si/c1-13(2,3)17(5,6)16-10-7-8-11(14)12(9-10)15-4/h7-9H,1-6H3. The molecule has 17 heavy (non-hydrogen) atoms. The van der Waals surface area contributed by atoms with Crippen LogP contribution in [0.5, 0.6) is 11.5 Å². The molecule has 0 aliphatic heterocycles. The lowest BCUT2D eigenvalue weighted by Crippen LogP contribution is -2.43. The highest BCUT2D eigenvalue weighted by Gasteiger charge is 2.39. The van der Waals surface area contributed by atoms with Gasteiger partial charge in [-0.1, -0.05) is 32.4 Å². The molecule has 0 saturated carbocycles. The third-order valence-corrected chi connectivity index (χ3v) is 7.97. The Bertz CT molecular complexity index is 397. The molecule has 96 valence electrons. The molecule has 0 saturated heterocycles. The predicted octanol–water partition coefficient (Wildman–Crippen LogP) is 4.73. The molecule has 0 amide bonds. The number of methoxy groups -OCH3 is 1. The second-order valence-corrected chi connectivity index (χ2v) is 10.8. The largest absolute Gasteiger partial charge is 0.543 e. The molecule has 0 spiro atoms. The van der Waals surface area contributed by atoms with E-state index in [9.17, 15) is 0 Å². The molecule has 0 bridgehead atoms. The van der Waals surface area contributed by atoms with Gasteiger partial charge in [0.2, 0.25) is 8.32 Å². The zero-order chi connectivity index (χ0) is 13.3. The highest BCUT2D eigenvalue weighted by atomic mass is 35.5. The zero-order valence-corrected chi connectivity index (χ0v) is 13.2. The van der Waals surface area contributed by atoms with Crippen LogP contribution in [-0.4, -0.2) is 15.4 Å². The number of hydrogen-bond acceptors (Lipinski definition) is 2. The lowest BCUT2D eigenvalue weighted by atomic mass is 10.2. The van der Waals surface area contributed by atoms with Crippen LogP contribution in [-0.2, 0) is 0 Å². The molecule has 0 radical (unpaired) electrons. The molecule has 1 rings (SSSR count). The molecule has 0 aliphatic carbocycles. The summed E-state index contributed by atoms with van der Waals surface area (Å²) in [5.41, 5.74) is 0. The number of hydrogen-bond donors (Lipinski definition) is 0. The van der Waals surface area contributed by atoms with E-state index in [1.54, 1.807) is 7.11 Å². The van der Waals surface area contributed by atoms with Crippen molar-refractivity contribution in [3.05, 3.63) is 23.2 Å². The van der Waals surface area contributed by atoms with Crippen molar-refractivity contribution in [2.45, 2.75) is 38.9 Å². The molecule has 4 heteroatoms.